The summed E-state index contributed by atoms with van der Waals surface area (Å²) in [4.78, 5) is 35.2. The quantitative estimate of drug-likeness (QED) is 0.546. The van der Waals surface area contributed by atoms with Gasteiger partial charge in [0.1, 0.15) is 11.4 Å². The molecule has 0 radical (unpaired) electrons. The van der Waals surface area contributed by atoms with Gasteiger partial charge < -0.3 is 24.8 Å². The molecule has 0 atom stereocenters. The van der Waals surface area contributed by atoms with E-state index in [0.29, 0.717) is 30.0 Å². The molecule has 0 spiro atoms. The number of nitrogens with one attached hydrogen (secondary N) is 2. The standard InChI is InChI=1S/C17H22N2O6/c1-5-6-15(20)19-12-8-7-11(23-2)9-13(12)18-14(17(22)25-4)10-16(21)24-3/h7-10,18H,5-6H2,1-4H3,(H,19,20)/b14-10+. The first-order valence-corrected chi connectivity index (χ1v) is 7.58. The first-order valence-electron chi connectivity index (χ1n) is 7.58. The van der Waals surface area contributed by atoms with Gasteiger partial charge in [-0.25, -0.2) is 9.59 Å². The van der Waals surface area contributed by atoms with E-state index in [4.69, 9.17) is 4.74 Å². The highest BCUT2D eigenvalue weighted by Crippen LogP contribution is 2.28. The van der Waals surface area contributed by atoms with Gasteiger partial charge in [0.2, 0.25) is 5.91 Å². The number of ether oxygens (including phenoxy) is 3. The van der Waals surface area contributed by atoms with Gasteiger partial charge >= 0.3 is 11.9 Å². The third-order valence-corrected chi connectivity index (χ3v) is 3.12. The Hall–Kier alpha value is -3.03. The molecule has 0 aliphatic rings. The molecule has 1 aromatic carbocycles. The van der Waals surface area contributed by atoms with Crippen molar-refractivity contribution < 1.29 is 28.6 Å². The Morgan fingerprint density at radius 1 is 1.04 bits per heavy atom. The molecule has 1 aromatic rings. The van der Waals surface area contributed by atoms with Crippen molar-refractivity contribution in [3.05, 3.63) is 30.0 Å². The first kappa shape index (κ1) is 20.0. The van der Waals surface area contributed by atoms with Crippen LogP contribution in [0.3, 0.4) is 0 Å². The lowest BCUT2D eigenvalue weighted by Crippen LogP contribution is -2.17. The summed E-state index contributed by atoms with van der Waals surface area (Å²) in [6.07, 6.45) is 2.01. The maximum atomic E-state index is 11.9. The lowest BCUT2D eigenvalue weighted by molar-refractivity contribution is -0.138. The molecule has 25 heavy (non-hydrogen) atoms. The van der Waals surface area contributed by atoms with Crippen LogP contribution in [0.25, 0.3) is 0 Å². The number of carbonyl (C=O) groups excluding carboxylic acids is 3. The Labute approximate surface area is 146 Å². The molecule has 0 aliphatic heterocycles. The summed E-state index contributed by atoms with van der Waals surface area (Å²) < 4.78 is 14.3. The number of benzene rings is 1. The Morgan fingerprint density at radius 3 is 2.32 bits per heavy atom. The molecule has 0 bridgehead atoms. The van der Waals surface area contributed by atoms with Gasteiger partial charge in [0.25, 0.3) is 0 Å². The third kappa shape index (κ3) is 6.17. The van der Waals surface area contributed by atoms with Crippen molar-refractivity contribution in [2.45, 2.75) is 19.8 Å². The average molecular weight is 350 g/mol. The Kier molecular flexibility index (Phi) is 7.98. The second-order valence-electron chi connectivity index (χ2n) is 4.91. The average Bonchev–Trinajstić information content (AvgIpc) is 2.61. The highest BCUT2D eigenvalue weighted by molar-refractivity contribution is 6.01. The normalized spacial score (nSPS) is 10.6. The van der Waals surface area contributed by atoms with Crippen LogP contribution >= 0.6 is 0 Å². The largest absolute Gasteiger partial charge is 0.497 e. The molecule has 0 aliphatic carbocycles. The van der Waals surface area contributed by atoms with Crippen molar-refractivity contribution in [1.82, 2.24) is 0 Å². The molecule has 0 fully saturated rings. The van der Waals surface area contributed by atoms with Gasteiger partial charge in [-0.3, -0.25) is 4.79 Å². The lowest BCUT2D eigenvalue weighted by Gasteiger charge is -2.15. The number of hydrogen-bond acceptors (Lipinski definition) is 7. The summed E-state index contributed by atoms with van der Waals surface area (Å²) in [5.41, 5.74) is 0.650. The summed E-state index contributed by atoms with van der Waals surface area (Å²) in [7, 11) is 3.86. The number of amides is 1. The van der Waals surface area contributed by atoms with Crippen LogP contribution in [0.5, 0.6) is 5.75 Å². The minimum absolute atomic E-state index is 0.145. The van der Waals surface area contributed by atoms with E-state index in [-0.39, 0.29) is 11.6 Å². The zero-order valence-corrected chi connectivity index (χ0v) is 14.7. The number of esters is 2. The fourth-order valence-corrected chi connectivity index (χ4v) is 1.88. The molecule has 0 saturated heterocycles. The minimum Gasteiger partial charge on any atom is -0.497 e. The third-order valence-electron chi connectivity index (χ3n) is 3.12. The van der Waals surface area contributed by atoms with Crippen LogP contribution in [0.4, 0.5) is 11.4 Å². The zero-order valence-electron chi connectivity index (χ0n) is 14.7. The molecular weight excluding hydrogens is 328 g/mol. The molecule has 0 heterocycles. The number of carbonyl (C=O) groups is 3. The Bertz CT molecular complexity index is 669. The maximum absolute atomic E-state index is 11.9. The van der Waals surface area contributed by atoms with E-state index in [1.54, 1.807) is 18.2 Å². The van der Waals surface area contributed by atoms with Gasteiger partial charge in [-0.05, 0) is 18.6 Å². The zero-order chi connectivity index (χ0) is 18.8. The molecular formula is C17H22N2O6. The Balaban J connectivity index is 3.21. The summed E-state index contributed by atoms with van der Waals surface area (Å²) in [6, 6.07) is 4.87. The van der Waals surface area contributed by atoms with Gasteiger partial charge in [-0.1, -0.05) is 6.92 Å². The van der Waals surface area contributed by atoms with Crippen LogP contribution in [0.1, 0.15) is 19.8 Å². The number of methoxy groups -OCH3 is 3. The van der Waals surface area contributed by atoms with Crippen molar-refractivity contribution in [3.63, 3.8) is 0 Å². The van der Waals surface area contributed by atoms with Gasteiger partial charge in [-0.2, -0.15) is 0 Å². The van der Waals surface area contributed by atoms with Gasteiger partial charge in [0.05, 0.1) is 38.8 Å². The molecule has 2 N–H and O–H groups in total. The maximum Gasteiger partial charge on any atom is 0.354 e. The van der Waals surface area contributed by atoms with E-state index in [0.717, 1.165) is 6.08 Å². The minimum atomic E-state index is -0.765. The predicted molar refractivity (Wildman–Crippen MR) is 92.3 cm³/mol. The molecule has 8 nitrogen and oxygen atoms in total. The second kappa shape index (κ2) is 9.96. The van der Waals surface area contributed by atoms with Crippen molar-refractivity contribution in [3.8, 4) is 5.75 Å². The van der Waals surface area contributed by atoms with Crippen LogP contribution < -0.4 is 15.4 Å². The molecule has 1 rings (SSSR count). The van der Waals surface area contributed by atoms with Gasteiger partial charge in [0.15, 0.2) is 0 Å². The second-order valence-corrected chi connectivity index (χ2v) is 4.91. The van der Waals surface area contributed by atoms with E-state index < -0.39 is 11.9 Å². The predicted octanol–water partition coefficient (Wildman–Crippen LogP) is 2.08. The number of hydrogen-bond donors (Lipinski definition) is 2. The van der Waals surface area contributed by atoms with Crippen molar-refractivity contribution in [2.75, 3.05) is 32.0 Å². The molecule has 0 aromatic heterocycles. The van der Waals surface area contributed by atoms with Crippen LogP contribution in [0, 0.1) is 0 Å². The van der Waals surface area contributed by atoms with E-state index in [9.17, 15) is 14.4 Å². The summed E-state index contributed by atoms with van der Waals surface area (Å²) in [6.45, 7) is 1.89. The van der Waals surface area contributed by atoms with Crippen molar-refractivity contribution >= 4 is 29.2 Å². The summed E-state index contributed by atoms with van der Waals surface area (Å²) in [5, 5.41) is 5.52. The van der Waals surface area contributed by atoms with Gasteiger partial charge in [-0.15, -0.1) is 0 Å². The molecule has 0 saturated carbocycles. The first-order chi connectivity index (χ1) is 11.9. The molecule has 0 unspecified atom stereocenters. The monoisotopic (exact) mass is 350 g/mol. The van der Waals surface area contributed by atoms with Crippen LogP contribution in [-0.4, -0.2) is 39.2 Å². The lowest BCUT2D eigenvalue weighted by atomic mass is 10.2. The van der Waals surface area contributed by atoms with E-state index >= 15 is 0 Å². The van der Waals surface area contributed by atoms with Crippen molar-refractivity contribution in [2.24, 2.45) is 0 Å². The fourth-order valence-electron chi connectivity index (χ4n) is 1.88. The fraction of sp³-hybridized carbons (Fsp3) is 0.353. The highest BCUT2D eigenvalue weighted by atomic mass is 16.5. The molecule has 8 heteroatoms. The Morgan fingerprint density at radius 2 is 1.76 bits per heavy atom. The van der Waals surface area contributed by atoms with E-state index in [1.807, 2.05) is 6.92 Å². The number of anilines is 2. The summed E-state index contributed by atoms with van der Waals surface area (Å²) >= 11 is 0. The van der Waals surface area contributed by atoms with Crippen LogP contribution in [-0.2, 0) is 23.9 Å². The molecule has 1 amide bonds. The van der Waals surface area contributed by atoms with E-state index in [1.165, 1.54) is 21.3 Å². The smallest absolute Gasteiger partial charge is 0.354 e. The van der Waals surface area contributed by atoms with Crippen LogP contribution in [0.2, 0.25) is 0 Å². The molecule has 136 valence electrons. The SMILES string of the molecule is CCCC(=O)Nc1ccc(OC)cc1N/C(=C/C(=O)OC)C(=O)OC. The topological polar surface area (TPSA) is 103 Å². The van der Waals surface area contributed by atoms with Crippen LogP contribution in [0.15, 0.2) is 30.0 Å². The van der Waals surface area contributed by atoms with E-state index in [2.05, 4.69) is 20.1 Å². The summed E-state index contributed by atoms with van der Waals surface area (Å²) in [5.74, 6) is -1.17. The highest BCUT2D eigenvalue weighted by Gasteiger charge is 2.16. The number of rotatable bonds is 8. The van der Waals surface area contributed by atoms with Crippen molar-refractivity contribution in [1.29, 1.82) is 0 Å². The van der Waals surface area contributed by atoms with Gasteiger partial charge in [0, 0.05) is 12.5 Å².